The summed E-state index contributed by atoms with van der Waals surface area (Å²) < 4.78 is 2.13. The number of para-hydroxylation sites is 1. The van der Waals surface area contributed by atoms with E-state index in [2.05, 4.69) is 65.3 Å². The highest BCUT2D eigenvalue weighted by Crippen LogP contribution is 2.17. The van der Waals surface area contributed by atoms with Gasteiger partial charge in [-0.3, -0.25) is 4.68 Å². The standard InChI is InChI=1S/C15H17N3/c1-11-6-7-12(2)18(11)17-10-14-5-3-4-13-8-9-16-15(13)14/h3-9,16-17H,10H2,1-2H3. The van der Waals surface area contributed by atoms with Crippen molar-refractivity contribution in [3.05, 3.63) is 59.5 Å². The lowest BCUT2D eigenvalue weighted by Gasteiger charge is -2.13. The molecule has 2 heterocycles. The van der Waals surface area contributed by atoms with Gasteiger partial charge >= 0.3 is 0 Å². The average Bonchev–Trinajstić information content (AvgIpc) is 2.95. The van der Waals surface area contributed by atoms with E-state index in [1.165, 1.54) is 27.9 Å². The SMILES string of the molecule is Cc1ccc(C)n1NCc1cccc2cc[nH]c12. The molecule has 2 N–H and O–H groups in total. The topological polar surface area (TPSA) is 32.8 Å². The summed E-state index contributed by atoms with van der Waals surface area (Å²) in [6.45, 7) is 5.03. The third-order valence-corrected chi connectivity index (χ3v) is 3.37. The lowest BCUT2D eigenvalue weighted by molar-refractivity contribution is 0.794. The third-order valence-electron chi connectivity index (χ3n) is 3.37. The smallest absolute Gasteiger partial charge is 0.0585 e. The number of nitrogens with zero attached hydrogens (tertiary/aromatic N) is 1. The van der Waals surface area contributed by atoms with Crippen molar-refractivity contribution in [3.8, 4) is 0 Å². The predicted octanol–water partition coefficient (Wildman–Crippen LogP) is 3.33. The Morgan fingerprint density at radius 1 is 1.06 bits per heavy atom. The Bertz CT molecular complexity index is 656. The average molecular weight is 239 g/mol. The van der Waals surface area contributed by atoms with Gasteiger partial charge in [-0.05, 0) is 43.0 Å². The molecule has 0 amide bonds. The minimum Gasteiger partial charge on any atom is -0.361 e. The van der Waals surface area contributed by atoms with Crippen molar-refractivity contribution in [2.75, 3.05) is 5.43 Å². The summed E-state index contributed by atoms with van der Waals surface area (Å²) in [6.07, 6.45) is 1.99. The number of rotatable bonds is 3. The first-order valence-corrected chi connectivity index (χ1v) is 6.19. The maximum atomic E-state index is 3.46. The Morgan fingerprint density at radius 3 is 2.61 bits per heavy atom. The zero-order valence-corrected chi connectivity index (χ0v) is 10.7. The van der Waals surface area contributed by atoms with Crippen LogP contribution in [0.1, 0.15) is 17.0 Å². The van der Waals surface area contributed by atoms with Crippen LogP contribution < -0.4 is 5.43 Å². The first kappa shape index (κ1) is 11.0. The number of aromatic nitrogens is 2. The zero-order valence-electron chi connectivity index (χ0n) is 10.7. The maximum Gasteiger partial charge on any atom is 0.0585 e. The lowest BCUT2D eigenvalue weighted by atomic mass is 10.1. The number of H-pyrrole nitrogens is 1. The van der Waals surface area contributed by atoms with Crippen LogP contribution in [0.25, 0.3) is 10.9 Å². The number of aromatic amines is 1. The Morgan fingerprint density at radius 2 is 1.83 bits per heavy atom. The fourth-order valence-electron chi connectivity index (χ4n) is 2.38. The normalized spacial score (nSPS) is 11.0. The van der Waals surface area contributed by atoms with Crippen LogP contribution in [-0.2, 0) is 6.54 Å². The molecule has 0 saturated carbocycles. The molecule has 0 aliphatic heterocycles. The van der Waals surface area contributed by atoms with Crippen LogP contribution in [0.15, 0.2) is 42.6 Å². The Hall–Kier alpha value is -2.16. The molecule has 0 radical (unpaired) electrons. The fraction of sp³-hybridized carbons (Fsp3) is 0.200. The van der Waals surface area contributed by atoms with Crippen LogP contribution in [0.5, 0.6) is 0 Å². The van der Waals surface area contributed by atoms with E-state index < -0.39 is 0 Å². The number of hydrogen-bond donors (Lipinski definition) is 2. The summed E-state index contributed by atoms with van der Waals surface area (Å²) in [4.78, 5) is 3.30. The molecular formula is C15H17N3. The number of aryl methyl sites for hydroxylation is 2. The van der Waals surface area contributed by atoms with Gasteiger partial charge in [-0.1, -0.05) is 18.2 Å². The van der Waals surface area contributed by atoms with Gasteiger partial charge in [0.2, 0.25) is 0 Å². The highest BCUT2D eigenvalue weighted by Gasteiger charge is 2.03. The molecule has 1 aromatic carbocycles. The van der Waals surface area contributed by atoms with Crippen LogP contribution in [0.4, 0.5) is 0 Å². The molecule has 0 atom stereocenters. The van der Waals surface area contributed by atoms with E-state index in [0.29, 0.717) is 0 Å². The minimum atomic E-state index is 0.814. The van der Waals surface area contributed by atoms with E-state index in [0.717, 1.165) is 6.54 Å². The summed E-state index contributed by atoms with van der Waals surface area (Å²) in [7, 11) is 0. The lowest BCUT2D eigenvalue weighted by Crippen LogP contribution is -2.17. The molecule has 0 unspecified atom stereocenters. The van der Waals surface area contributed by atoms with Gasteiger partial charge in [-0.15, -0.1) is 0 Å². The number of nitrogens with one attached hydrogen (secondary N) is 2. The Labute approximate surface area is 106 Å². The summed E-state index contributed by atoms with van der Waals surface area (Å²) in [5.74, 6) is 0. The molecule has 0 aliphatic rings. The van der Waals surface area contributed by atoms with Crippen molar-refractivity contribution >= 4 is 10.9 Å². The molecule has 0 bridgehead atoms. The molecule has 92 valence electrons. The highest BCUT2D eigenvalue weighted by molar-refractivity contribution is 5.82. The second-order valence-corrected chi connectivity index (χ2v) is 4.65. The van der Waals surface area contributed by atoms with Crippen molar-refractivity contribution in [1.82, 2.24) is 9.66 Å². The van der Waals surface area contributed by atoms with Crippen LogP contribution in [0.3, 0.4) is 0 Å². The Balaban J connectivity index is 1.87. The van der Waals surface area contributed by atoms with Crippen LogP contribution in [0, 0.1) is 13.8 Å². The summed E-state index contributed by atoms with van der Waals surface area (Å²) in [5.41, 5.74) is 8.41. The number of benzene rings is 1. The van der Waals surface area contributed by atoms with E-state index in [1.807, 2.05) is 6.20 Å². The molecule has 18 heavy (non-hydrogen) atoms. The van der Waals surface area contributed by atoms with E-state index >= 15 is 0 Å². The van der Waals surface area contributed by atoms with Crippen LogP contribution in [0.2, 0.25) is 0 Å². The molecule has 3 heteroatoms. The van der Waals surface area contributed by atoms with Crippen molar-refractivity contribution in [3.63, 3.8) is 0 Å². The molecule has 3 aromatic rings. The second kappa shape index (κ2) is 4.26. The summed E-state index contributed by atoms with van der Waals surface area (Å²) >= 11 is 0. The first-order chi connectivity index (χ1) is 8.75. The van der Waals surface area contributed by atoms with Crippen molar-refractivity contribution in [2.45, 2.75) is 20.4 Å². The zero-order chi connectivity index (χ0) is 12.5. The third kappa shape index (κ3) is 1.78. The summed E-state index contributed by atoms with van der Waals surface area (Å²) in [6, 6.07) is 12.7. The van der Waals surface area contributed by atoms with Crippen LogP contribution >= 0.6 is 0 Å². The monoisotopic (exact) mass is 239 g/mol. The molecule has 0 aliphatic carbocycles. The molecule has 3 rings (SSSR count). The van der Waals surface area contributed by atoms with Crippen molar-refractivity contribution < 1.29 is 0 Å². The molecule has 3 nitrogen and oxygen atoms in total. The van der Waals surface area contributed by atoms with E-state index in [4.69, 9.17) is 0 Å². The van der Waals surface area contributed by atoms with Crippen molar-refractivity contribution in [2.24, 2.45) is 0 Å². The van der Waals surface area contributed by atoms with Crippen LogP contribution in [-0.4, -0.2) is 9.66 Å². The maximum absolute atomic E-state index is 3.46. The van der Waals surface area contributed by atoms with Gasteiger partial charge in [0.05, 0.1) is 12.1 Å². The quantitative estimate of drug-likeness (QED) is 0.722. The van der Waals surface area contributed by atoms with Gasteiger partial charge in [0.25, 0.3) is 0 Å². The van der Waals surface area contributed by atoms with Gasteiger partial charge in [0, 0.05) is 17.6 Å². The van der Waals surface area contributed by atoms with E-state index in [-0.39, 0.29) is 0 Å². The van der Waals surface area contributed by atoms with E-state index in [9.17, 15) is 0 Å². The Kier molecular flexibility index (Phi) is 2.59. The number of hydrogen-bond acceptors (Lipinski definition) is 1. The molecule has 0 spiro atoms. The molecule has 0 fully saturated rings. The second-order valence-electron chi connectivity index (χ2n) is 4.65. The minimum absolute atomic E-state index is 0.814. The van der Waals surface area contributed by atoms with Crippen molar-refractivity contribution in [1.29, 1.82) is 0 Å². The molecular weight excluding hydrogens is 222 g/mol. The molecule has 2 aromatic heterocycles. The predicted molar refractivity (Wildman–Crippen MR) is 75.3 cm³/mol. The van der Waals surface area contributed by atoms with Gasteiger partial charge in [-0.25, -0.2) is 0 Å². The number of fused-ring (bicyclic) bond motifs is 1. The summed E-state index contributed by atoms with van der Waals surface area (Å²) in [5, 5.41) is 1.26. The van der Waals surface area contributed by atoms with Gasteiger partial charge < -0.3 is 10.4 Å². The largest absolute Gasteiger partial charge is 0.361 e. The van der Waals surface area contributed by atoms with Gasteiger partial charge in [-0.2, -0.15) is 0 Å². The molecule has 0 saturated heterocycles. The first-order valence-electron chi connectivity index (χ1n) is 6.19. The van der Waals surface area contributed by atoms with Gasteiger partial charge in [0.15, 0.2) is 0 Å². The van der Waals surface area contributed by atoms with Gasteiger partial charge in [0.1, 0.15) is 0 Å². The van der Waals surface area contributed by atoms with E-state index in [1.54, 1.807) is 0 Å². The highest BCUT2D eigenvalue weighted by atomic mass is 15.4. The fourth-order valence-corrected chi connectivity index (χ4v) is 2.38.